The highest BCUT2D eigenvalue weighted by Gasteiger charge is 2.64. The molecule has 0 aromatic heterocycles. The number of ether oxygens (including phenoxy) is 2. The first-order valence-corrected chi connectivity index (χ1v) is 12.1. The van der Waals surface area contributed by atoms with E-state index in [1.165, 1.54) is 23.1 Å². The third kappa shape index (κ3) is 4.52. The summed E-state index contributed by atoms with van der Waals surface area (Å²) in [5, 5.41) is 3.56. The van der Waals surface area contributed by atoms with Crippen LogP contribution in [0.2, 0.25) is 5.02 Å². The molecular weight excluding hydrogens is 481 g/mol. The van der Waals surface area contributed by atoms with Crippen LogP contribution in [-0.4, -0.2) is 57.4 Å². The number of hydrogen-bond donors (Lipinski definition) is 1. The predicted molar refractivity (Wildman–Crippen MR) is 128 cm³/mol. The summed E-state index contributed by atoms with van der Waals surface area (Å²) in [6.07, 6.45) is -2.90. The molecule has 2 aromatic carbocycles. The molecule has 1 spiro atoms. The van der Waals surface area contributed by atoms with Crippen LogP contribution in [0.4, 0.5) is 13.2 Å². The molecule has 2 fully saturated rings. The molecule has 9 heteroatoms. The lowest BCUT2D eigenvalue weighted by Crippen LogP contribution is -2.59. The Morgan fingerprint density at radius 3 is 2.43 bits per heavy atom. The molecule has 4 rings (SSSR count). The predicted octanol–water partition coefficient (Wildman–Crippen LogP) is 5.14. The summed E-state index contributed by atoms with van der Waals surface area (Å²) in [5.74, 6) is -0.171. The molecule has 35 heavy (non-hydrogen) atoms. The lowest BCUT2D eigenvalue weighted by molar-refractivity contribution is -0.271. The van der Waals surface area contributed by atoms with E-state index in [1.807, 2.05) is 18.2 Å². The van der Waals surface area contributed by atoms with Crippen molar-refractivity contribution in [3.05, 3.63) is 64.7 Å². The van der Waals surface area contributed by atoms with Gasteiger partial charge < -0.3 is 19.7 Å². The van der Waals surface area contributed by atoms with Crippen LogP contribution in [0, 0.1) is 5.41 Å². The second-order valence-corrected chi connectivity index (χ2v) is 9.73. The Hall–Kier alpha value is -2.29. The zero-order chi connectivity index (χ0) is 25.3. The van der Waals surface area contributed by atoms with Crippen molar-refractivity contribution in [3.63, 3.8) is 0 Å². The second kappa shape index (κ2) is 9.99. The largest absolute Gasteiger partial charge is 0.496 e. The van der Waals surface area contributed by atoms with Crippen molar-refractivity contribution < 1.29 is 27.4 Å². The number of para-hydroxylation sites is 1. The van der Waals surface area contributed by atoms with Crippen LogP contribution in [-0.2, 0) is 15.1 Å². The van der Waals surface area contributed by atoms with E-state index in [0.717, 1.165) is 44.0 Å². The lowest BCUT2D eigenvalue weighted by Gasteiger charge is -2.51. The summed E-state index contributed by atoms with van der Waals surface area (Å²) in [6, 6.07) is 13.1. The first-order valence-electron chi connectivity index (χ1n) is 11.7. The van der Waals surface area contributed by atoms with Gasteiger partial charge in [0, 0.05) is 43.2 Å². The van der Waals surface area contributed by atoms with E-state index in [2.05, 4.69) is 11.4 Å². The molecule has 2 aromatic rings. The first-order chi connectivity index (χ1) is 16.7. The van der Waals surface area contributed by atoms with Gasteiger partial charge >= 0.3 is 6.18 Å². The molecule has 0 saturated carbocycles. The second-order valence-electron chi connectivity index (χ2n) is 9.30. The fourth-order valence-corrected chi connectivity index (χ4v) is 5.97. The number of nitrogens with zero attached hydrogens (tertiary/aromatic N) is 1. The Bertz CT molecular complexity index is 1060. The number of piperidine rings is 2. The molecule has 5 nitrogen and oxygen atoms in total. The van der Waals surface area contributed by atoms with Crippen molar-refractivity contribution in [1.29, 1.82) is 0 Å². The maximum absolute atomic E-state index is 14.5. The fraction of sp³-hybridized carbons (Fsp3) is 0.500. The van der Waals surface area contributed by atoms with Gasteiger partial charge in [0.1, 0.15) is 5.75 Å². The Balaban J connectivity index is 1.62. The van der Waals surface area contributed by atoms with Crippen molar-refractivity contribution >= 4 is 17.5 Å². The number of amides is 1. The van der Waals surface area contributed by atoms with Crippen molar-refractivity contribution in [3.8, 4) is 5.75 Å². The molecule has 0 radical (unpaired) electrons. The highest BCUT2D eigenvalue weighted by Crippen LogP contribution is 2.51. The van der Waals surface area contributed by atoms with Crippen LogP contribution in [0.5, 0.6) is 5.75 Å². The summed E-state index contributed by atoms with van der Waals surface area (Å²) in [5.41, 5.74) is -2.49. The molecule has 0 aliphatic carbocycles. The number of nitrogens with one attached hydrogen (secondary N) is 1. The van der Waals surface area contributed by atoms with Crippen molar-refractivity contribution in [2.24, 2.45) is 5.41 Å². The number of hydrogen-bond acceptors (Lipinski definition) is 4. The molecule has 2 aliphatic rings. The van der Waals surface area contributed by atoms with Gasteiger partial charge in [-0.15, -0.1) is 0 Å². The van der Waals surface area contributed by atoms with E-state index in [-0.39, 0.29) is 35.0 Å². The molecule has 2 saturated heterocycles. The van der Waals surface area contributed by atoms with Crippen LogP contribution in [0.15, 0.2) is 48.5 Å². The third-order valence-corrected chi connectivity index (χ3v) is 7.92. The zero-order valence-electron chi connectivity index (χ0n) is 19.8. The normalized spacial score (nSPS) is 22.0. The summed E-state index contributed by atoms with van der Waals surface area (Å²) in [6.45, 7) is 2.01. The topological polar surface area (TPSA) is 50.8 Å². The van der Waals surface area contributed by atoms with E-state index in [0.29, 0.717) is 12.8 Å². The molecular formula is C26H30ClF3N2O3. The van der Waals surface area contributed by atoms with Gasteiger partial charge in [-0.25, -0.2) is 0 Å². The van der Waals surface area contributed by atoms with Gasteiger partial charge in [0.2, 0.25) is 0 Å². The molecule has 2 aliphatic heterocycles. The number of halogens is 4. The Labute approximate surface area is 208 Å². The molecule has 1 N–H and O–H groups in total. The molecule has 2 atom stereocenters. The van der Waals surface area contributed by atoms with E-state index in [9.17, 15) is 18.0 Å². The van der Waals surface area contributed by atoms with Gasteiger partial charge in [-0.1, -0.05) is 41.9 Å². The Kier molecular flexibility index (Phi) is 7.36. The summed E-state index contributed by atoms with van der Waals surface area (Å²) >= 11 is 5.98. The maximum atomic E-state index is 14.5. The van der Waals surface area contributed by atoms with Crippen molar-refractivity contribution in [1.82, 2.24) is 10.2 Å². The summed E-state index contributed by atoms with van der Waals surface area (Å²) < 4.78 is 54.0. The van der Waals surface area contributed by atoms with E-state index >= 15 is 0 Å². The number of benzene rings is 2. The molecule has 1 amide bonds. The van der Waals surface area contributed by atoms with Crippen molar-refractivity contribution in [2.45, 2.75) is 37.0 Å². The van der Waals surface area contributed by atoms with Gasteiger partial charge in [0.25, 0.3) is 11.5 Å². The number of carbonyl (C=O) groups is 1. The van der Waals surface area contributed by atoms with Gasteiger partial charge in [-0.2, -0.15) is 13.2 Å². The van der Waals surface area contributed by atoms with E-state index in [4.69, 9.17) is 21.1 Å². The lowest BCUT2D eigenvalue weighted by atomic mass is 9.62. The van der Waals surface area contributed by atoms with Gasteiger partial charge in [-0.3, -0.25) is 4.79 Å². The standard InChI is InChI=1S/C26H30ClF3N2O3/c1-34-22-9-4-3-8-20(22)21-17-31-13-10-24(21)11-14-32(15-12-24)23(33)25(35-2,26(28,29)30)18-6-5-7-19(27)16-18/h3-9,16,21,31H,10-15,17H2,1-2H3. The van der Waals surface area contributed by atoms with Crippen LogP contribution < -0.4 is 10.1 Å². The first kappa shape index (κ1) is 25.8. The Morgan fingerprint density at radius 1 is 1.09 bits per heavy atom. The smallest absolute Gasteiger partial charge is 0.430 e. The van der Waals surface area contributed by atoms with Crippen LogP contribution in [0.3, 0.4) is 0 Å². The minimum Gasteiger partial charge on any atom is -0.496 e. The monoisotopic (exact) mass is 510 g/mol. The number of carbonyl (C=O) groups excluding carboxylic acids is 1. The molecule has 0 bridgehead atoms. The van der Waals surface area contributed by atoms with Crippen LogP contribution >= 0.6 is 11.6 Å². The van der Waals surface area contributed by atoms with Gasteiger partial charge in [-0.05, 0) is 55.0 Å². The number of rotatable bonds is 5. The third-order valence-electron chi connectivity index (χ3n) is 7.69. The van der Waals surface area contributed by atoms with E-state index < -0.39 is 17.7 Å². The molecule has 2 unspecified atom stereocenters. The minimum atomic E-state index is -4.96. The minimum absolute atomic E-state index is 0.105. The number of methoxy groups -OCH3 is 2. The average Bonchev–Trinajstić information content (AvgIpc) is 2.85. The highest BCUT2D eigenvalue weighted by atomic mass is 35.5. The maximum Gasteiger partial charge on any atom is 0.430 e. The fourth-order valence-electron chi connectivity index (χ4n) is 5.78. The summed E-state index contributed by atoms with van der Waals surface area (Å²) in [7, 11) is 2.56. The quantitative estimate of drug-likeness (QED) is 0.605. The van der Waals surface area contributed by atoms with E-state index in [1.54, 1.807) is 7.11 Å². The molecule has 2 heterocycles. The zero-order valence-corrected chi connectivity index (χ0v) is 20.6. The van der Waals surface area contributed by atoms with Crippen molar-refractivity contribution in [2.75, 3.05) is 40.4 Å². The average molecular weight is 511 g/mol. The SMILES string of the molecule is COc1ccccc1C1CNCCC12CCN(C(=O)C(OC)(c1cccc(Cl)c1)C(F)(F)F)CC2. The van der Waals surface area contributed by atoms with Crippen LogP contribution in [0.25, 0.3) is 0 Å². The van der Waals surface area contributed by atoms with Gasteiger partial charge in [0.15, 0.2) is 0 Å². The highest BCUT2D eigenvalue weighted by molar-refractivity contribution is 6.30. The molecule has 190 valence electrons. The van der Waals surface area contributed by atoms with Gasteiger partial charge in [0.05, 0.1) is 7.11 Å². The van der Waals surface area contributed by atoms with Crippen LogP contribution in [0.1, 0.15) is 36.3 Å². The number of alkyl halides is 3. The number of likely N-dealkylation sites (tertiary alicyclic amines) is 1. The summed E-state index contributed by atoms with van der Waals surface area (Å²) in [4.78, 5) is 14.8. The Morgan fingerprint density at radius 2 is 1.80 bits per heavy atom.